The average molecular weight is 419 g/mol. The van der Waals surface area contributed by atoms with E-state index in [4.69, 9.17) is 13.9 Å². The highest BCUT2D eigenvalue weighted by atomic mass is 16.5. The number of carbonyl (C=O) groups excluding carboxylic acids is 2. The minimum absolute atomic E-state index is 0.0796. The first-order chi connectivity index (χ1) is 15.0. The molecule has 0 aliphatic carbocycles. The van der Waals surface area contributed by atoms with Gasteiger partial charge in [0.15, 0.2) is 0 Å². The van der Waals surface area contributed by atoms with Crippen molar-refractivity contribution in [2.45, 2.75) is 13.0 Å². The van der Waals surface area contributed by atoms with Crippen molar-refractivity contribution in [1.29, 1.82) is 0 Å². The summed E-state index contributed by atoms with van der Waals surface area (Å²) in [6.45, 7) is 1.93. The van der Waals surface area contributed by atoms with E-state index in [1.165, 1.54) is 25.4 Å². The predicted molar refractivity (Wildman–Crippen MR) is 114 cm³/mol. The average Bonchev–Trinajstić information content (AvgIpc) is 3.40. The van der Waals surface area contributed by atoms with Gasteiger partial charge >= 0.3 is 0 Å². The Morgan fingerprint density at radius 1 is 1.03 bits per heavy atom. The summed E-state index contributed by atoms with van der Waals surface area (Å²) in [6.07, 6.45) is 1.46. The number of methoxy groups -OCH3 is 2. The smallest absolute Gasteiger partial charge is 0.300 e. The molecule has 0 bridgehead atoms. The van der Waals surface area contributed by atoms with Gasteiger partial charge in [-0.2, -0.15) is 0 Å². The number of ketones is 1. The summed E-state index contributed by atoms with van der Waals surface area (Å²) in [5, 5.41) is 11.2. The molecule has 0 saturated carbocycles. The minimum atomic E-state index is -0.926. The lowest BCUT2D eigenvalue weighted by Crippen LogP contribution is -2.29. The van der Waals surface area contributed by atoms with Crippen LogP contribution in [-0.4, -0.2) is 31.0 Å². The number of furan rings is 1. The number of aliphatic hydroxyl groups is 1. The summed E-state index contributed by atoms with van der Waals surface area (Å²) < 4.78 is 16.1. The number of nitrogens with zero attached hydrogens (tertiary/aromatic N) is 1. The van der Waals surface area contributed by atoms with Crippen LogP contribution in [0, 0.1) is 6.92 Å². The number of Topliss-reactive ketones (excluding diaryl/α,β-unsaturated/α-hetero) is 1. The molecule has 1 unspecified atom stereocenters. The number of amides is 1. The molecular weight excluding hydrogens is 398 g/mol. The van der Waals surface area contributed by atoms with Crippen molar-refractivity contribution in [2.75, 3.05) is 19.1 Å². The van der Waals surface area contributed by atoms with E-state index in [0.29, 0.717) is 22.9 Å². The van der Waals surface area contributed by atoms with Crippen molar-refractivity contribution < 1.29 is 28.6 Å². The predicted octanol–water partition coefficient (Wildman–Crippen LogP) is 4.23. The number of hydrogen-bond donors (Lipinski definition) is 1. The first kappa shape index (κ1) is 20.3. The third-order valence-corrected chi connectivity index (χ3v) is 5.23. The summed E-state index contributed by atoms with van der Waals surface area (Å²) in [5.41, 5.74) is 1.72. The topological polar surface area (TPSA) is 89.2 Å². The van der Waals surface area contributed by atoms with Crippen LogP contribution in [0.5, 0.6) is 11.5 Å². The normalized spacial score (nSPS) is 17.8. The number of ether oxygens (including phenoxy) is 2. The Labute approximate surface area is 179 Å². The largest absolute Gasteiger partial charge is 0.507 e. The lowest BCUT2D eigenvalue weighted by atomic mass is 9.98. The maximum absolute atomic E-state index is 13.1. The van der Waals surface area contributed by atoms with Gasteiger partial charge in [0, 0.05) is 11.8 Å². The van der Waals surface area contributed by atoms with Gasteiger partial charge in [0.2, 0.25) is 0 Å². The van der Waals surface area contributed by atoms with Gasteiger partial charge in [-0.05, 0) is 43.3 Å². The molecule has 2 heterocycles. The summed E-state index contributed by atoms with van der Waals surface area (Å²) in [5.74, 6) is -0.730. The molecule has 0 radical (unpaired) electrons. The zero-order valence-corrected chi connectivity index (χ0v) is 17.3. The molecule has 7 nitrogen and oxygen atoms in total. The number of anilines is 1. The van der Waals surface area contributed by atoms with Crippen LogP contribution >= 0.6 is 0 Å². The van der Waals surface area contributed by atoms with Crippen molar-refractivity contribution in [3.05, 3.63) is 83.3 Å². The van der Waals surface area contributed by atoms with Crippen molar-refractivity contribution in [1.82, 2.24) is 0 Å². The Hall–Kier alpha value is -4.00. The number of aryl methyl sites for hydroxylation is 1. The maximum atomic E-state index is 13.1. The maximum Gasteiger partial charge on any atom is 0.300 e. The molecule has 3 aromatic rings. The molecule has 1 aliphatic heterocycles. The number of hydrogen-bond acceptors (Lipinski definition) is 6. The fourth-order valence-electron chi connectivity index (χ4n) is 3.66. The molecule has 0 spiro atoms. The Balaban J connectivity index is 1.93. The molecule has 1 atom stereocenters. The molecule has 1 fully saturated rings. The van der Waals surface area contributed by atoms with Gasteiger partial charge in [-0.15, -0.1) is 0 Å². The summed E-state index contributed by atoms with van der Waals surface area (Å²) in [7, 11) is 2.96. The summed E-state index contributed by atoms with van der Waals surface area (Å²) in [4.78, 5) is 27.5. The molecule has 1 aromatic heterocycles. The standard InChI is InChI=1S/C24H21NO6/c1-14-6-8-15(9-7-14)25-21(18-5-4-12-31-18)20(23(27)24(25)28)22(26)17-11-10-16(29-2)13-19(17)30-3/h4-13,21,26H,1-3H3/b22-20-. The number of benzene rings is 2. The van der Waals surface area contributed by atoms with E-state index >= 15 is 0 Å². The van der Waals surface area contributed by atoms with E-state index < -0.39 is 17.7 Å². The van der Waals surface area contributed by atoms with Crippen molar-refractivity contribution >= 4 is 23.1 Å². The second kappa shape index (κ2) is 8.02. The van der Waals surface area contributed by atoms with Gasteiger partial charge in [-0.3, -0.25) is 14.5 Å². The first-order valence-electron chi connectivity index (χ1n) is 9.59. The Kier molecular flexibility index (Phi) is 5.25. The van der Waals surface area contributed by atoms with Gasteiger partial charge in [0.05, 0.1) is 31.6 Å². The molecule has 1 aliphatic rings. The molecule has 7 heteroatoms. The van der Waals surface area contributed by atoms with E-state index in [2.05, 4.69) is 0 Å². The molecule has 2 aromatic carbocycles. The quantitative estimate of drug-likeness (QED) is 0.378. The van der Waals surface area contributed by atoms with E-state index in [0.717, 1.165) is 5.56 Å². The second-order valence-corrected chi connectivity index (χ2v) is 7.09. The van der Waals surface area contributed by atoms with E-state index in [1.54, 1.807) is 42.5 Å². The zero-order valence-electron chi connectivity index (χ0n) is 17.3. The highest BCUT2D eigenvalue weighted by Gasteiger charge is 2.48. The Morgan fingerprint density at radius 2 is 1.77 bits per heavy atom. The van der Waals surface area contributed by atoms with Gasteiger partial charge in [0.25, 0.3) is 11.7 Å². The van der Waals surface area contributed by atoms with Gasteiger partial charge in [-0.1, -0.05) is 17.7 Å². The zero-order chi connectivity index (χ0) is 22.1. The highest BCUT2D eigenvalue weighted by molar-refractivity contribution is 6.51. The number of rotatable bonds is 5. The summed E-state index contributed by atoms with van der Waals surface area (Å²) in [6, 6.07) is 14.4. The number of carbonyl (C=O) groups is 2. The van der Waals surface area contributed by atoms with Gasteiger partial charge < -0.3 is 19.0 Å². The monoisotopic (exact) mass is 419 g/mol. The van der Waals surface area contributed by atoms with Crippen LogP contribution in [0.3, 0.4) is 0 Å². The van der Waals surface area contributed by atoms with Crippen molar-refractivity contribution in [2.24, 2.45) is 0 Å². The fraction of sp³-hybridized carbons (Fsp3) is 0.167. The molecule has 158 valence electrons. The van der Waals surface area contributed by atoms with Gasteiger partial charge in [0.1, 0.15) is 29.1 Å². The lowest BCUT2D eigenvalue weighted by molar-refractivity contribution is -0.132. The van der Waals surface area contributed by atoms with Crippen LogP contribution < -0.4 is 14.4 Å². The van der Waals surface area contributed by atoms with E-state index in [-0.39, 0.29) is 16.9 Å². The SMILES string of the molecule is COc1ccc(/C(O)=C2/C(=O)C(=O)N(c3ccc(C)cc3)C2c2ccco2)c(OC)c1. The van der Waals surface area contributed by atoms with Crippen LogP contribution in [0.1, 0.15) is 22.9 Å². The van der Waals surface area contributed by atoms with Crippen molar-refractivity contribution in [3.63, 3.8) is 0 Å². The van der Waals surface area contributed by atoms with Crippen molar-refractivity contribution in [3.8, 4) is 11.5 Å². The van der Waals surface area contributed by atoms with E-state index in [1.807, 2.05) is 19.1 Å². The third kappa shape index (κ3) is 3.44. The van der Waals surface area contributed by atoms with Crippen LogP contribution in [0.25, 0.3) is 5.76 Å². The van der Waals surface area contributed by atoms with E-state index in [9.17, 15) is 14.7 Å². The first-order valence-corrected chi connectivity index (χ1v) is 9.59. The summed E-state index contributed by atoms with van der Waals surface area (Å²) >= 11 is 0. The number of aliphatic hydroxyl groups excluding tert-OH is 1. The molecule has 1 saturated heterocycles. The van der Waals surface area contributed by atoms with Crippen LogP contribution in [0.4, 0.5) is 5.69 Å². The molecule has 1 amide bonds. The fourth-order valence-corrected chi connectivity index (χ4v) is 3.66. The minimum Gasteiger partial charge on any atom is -0.507 e. The lowest BCUT2D eigenvalue weighted by Gasteiger charge is -2.23. The van der Waals surface area contributed by atoms with Gasteiger partial charge in [-0.25, -0.2) is 0 Å². The van der Waals surface area contributed by atoms with Crippen LogP contribution in [-0.2, 0) is 9.59 Å². The molecule has 4 rings (SSSR count). The Bertz CT molecular complexity index is 1160. The van der Waals surface area contributed by atoms with Crippen LogP contribution in [0.2, 0.25) is 0 Å². The second-order valence-electron chi connectivity index (χ2n) is 7.09. The van der Waals surface area contributed by atoms with Crippen LogP contribution in [0.15, 0.2) is 70.9 Å². The third-order valence-electron chi connectivity index (χ3n) is 5.23. The molecule has 1 N–H and O–H groups in total. The molecule has 31 heavy (non-hydrogen) atoms. The highest BCUT2D eigenvalue weighted by Crippen LogP contribution is 2.43. The molecular formula is C24H21NO6. The Morgan fingerprint density at radius 3 is 2.39 bits per heavy atom.